The molecule has 0 aliphatic heterocycles. The second-order valence-electron chi connectivity index (χ2n) is 4.90. The van der Waals surface area contributed by atoms with Crippen LogP contribution < -0.4 is 5.32 Å². The van der Waals surface area contributed by atoms with Gasteiger partial charge in [0.2, 0.25) is 0 Å². The van der Waals surface area contributed by atoms with Gasteiger partial charge in [0.05, 0.1) is 0 Å². The van der Waals surface area contributed by atoms with Gasteiger partial charge < -0.3 is 5.32 Å². The van der Waals surface area contributed by atoms with Crippen LogP contribution in [0.2, 0.25) is 5.02 Å². The van der Waals surface area contributed by atoms with Crippen LogP contribution in [0.15, 0.2) is 36.4 Å². The summed E-state index contributed by atoms with van der Waals surface area (Å²) in [5.74, 6) is -0.202. The number of benzene rings is 2. The van der Waals surface area contributed by atoms with Crippen LogP contribution >= 0.6 is 11.6 Å². The summed E-state index contributed by atoms with van der Waals surface area (Å²) in [5, 5.41) is 4.00. The zero-order valence-corrected chi connectivity index (χ0v) is 12.6. The molecular formula is C17H19ClFN. The van der Waals surface area contributed by atoms with Crippen molar-refractivity contribution in [2.45, 2.75) is 26.8 Å². The van der Waals surface area contributed by atoms with Crippen molar-refractivity contribution in [2.24, 2.45) is 0 Å². The number of hydrogen-bond donors (Lipinski definition) is 1. The summed E-state index contributed by atoms with van der Waals surface area (Å²) in [6, 6.07) is 11.0. The molecule has 0 spiro atoms. The molecule has 2 rings (SSSR count). The van der Waals surface area contributed by atoms with E-state index in [0.717, 1.165) is 36.2 Å². The summed E-state index contributed by atoms with van der Waals surface area (Å²) in [6.07, 6.45) is 1.11. The van der Waals surface area contributed by atoms with Gasteiger partial charge in [0.1, 0.15) is 5.82 Å². The van der Waals surface area contributed by atoms with Gasteiger partial charge >= 0.3 is 0 Å². The van der Waals surface area contributed by atoms with Crippen molar-refractivity contribution < 1.29 is 4.39 Å². The fourth-order valence-electron chi connectivity index (χ4n) is 2.20. The number of rotatable bonds is 5. The van der Waals surface area contributed by atoms with Gasteiger partial charge in [-0.1, -0.05) is 42.8 Å². The van der Waals surface area contributed by atoms with Gasteiger partial charge in [0.15, 0.2) is 0 Å². The van der Waals surface area contributed by atoms with Crippen molar-refractivity contribution >= 4 is 11.6 Å². The quantitative estimate of drug-likeness (QED) is 0.768. The smallest absolute Gasteiger partial charge is 0.126 e. The van der Waals surface area contributed by atoms with E-state index in [1.54, 1.807) is 13.0 Å². The molecular weight excluding hydrogens is 273 g/mol. The normalized spacial score (nSPS) is 10.8. The summed E-state index contributed by atoms with van der Waals surface area (Å²) in [7, 11) is 0. The van der Waals surface area contributed by atoms with Crippen molar-refractivity contribution in [2.75, 3.05) is 6.54 Å². The minimum Gasteiger partial charge on any atom is -0.313 e. The topological polar surface area (TPSA) is 12.0 Å². The van der Waals surface area contributed by atoms with Gasteiger partial charge in [-0.25, -0.2) is 4.39 Å². The lowest BCUT2D eigenvalue weighted by Crippen LogP contribution is -2.13. The molecule has 0 radical (unpaired) electrons. The second kappa shape index (κ2) is 6.87. The third kappa shape index (κ3) is 3.38. The van der Waals surface area contributed by atoms with E-state index in [1.807, 2.05) is 24.3 Å². The largest absolute Gasteiger partial charge is 0.313 e. The maximum atomic E-state index is 13.6. The Morgan fingerprint density at radius 3 is 2.65 bits per heavy atom. The van der Waals surface area contributed by atoms with Crippen LogP contribution in [-0.4, -0.2) is 6.54 Å². The predicted octanol–water partition coefficient (Wildman–Crippen LogP) is 4.95. The maximum absolute atomic E-state index is 13.6. The van der Waals surface area contributed by atoms with Crippen LogP contribution in [0.25, 0.3) is 11.1 Å². The van der Waals surface area contributed by atoms with Crippen LogP contribution in [0.1, 0.15) is 24.5 Å². The molecule has 0 aromatic heterocycles. The Hall–Kier alpha value is -1.38. The molecule has 0 saturated carbocycles. The SMILES string of the molecule is CCCNCc1ccc(-c2cccc(F)c2C)c(Cl)c1. The molecule has 0 atom stereocenters. The van der Waals surface area contributed by atoms with Crippen molar-refractivity contribution in [3.8, 4) is 11.1 Å². The first-order chi connectivity index (χ1) is 9.63. The molecule has 0 unspecified atom stereocenters. The van der Waals surface area contributed by atoms with Crippen molar-refractivity contribution in [1.82, 2.24) is 5.32 Å². The number of nitrogens with one attached hydrogen (secondary N) is 1. The molecule has 20 heavy (non-hydrogen) atoms. The van der Waals surface area contributed by atoms with E-state index < -0.39 is 0 Å². The minimum absolute atomic E-state index is 0.202. The summed E-state index contributed by atoms with van der Waals surface area (Å²) >= 11 is 6.35. The highest BCUT2D eigenvalue weighted by Gasteiger charge is 2.09. The van der Waals surface area contributed by atoms with Crippen molar-refractivity contribution in [3.63, 3.8) is 0 Å². The molecule has 106 valence electrons. The zero-order valence-electron chi connectivity index (χ0n) is 11.8. The lowest BCUT2D eigenvalue weighted by Gasteiger charge is -2.11. The molecule has 0 amide bonds. The summed E-state index contributed by atoms with van der Waals surface area (Å²) in [5.41, 5.74) is 3.50. The number of hydrogen-bond acceptors (Lipinski definition) is 1. The summed E-state index contributed by atoms with van der Waals surface area (Å²) in [6.45, 7) is 5.70. The summed E-state index contributed by atoms with van der Waals surface area (Å²) < 4.78 is 13.6. The molecule has 0 heterocycles. The van der Waals surface area contributed by atoms with E-state index in [1.165, 1.54) is 6.07 Å². The molecule has 0 fully saturated rings. The van der Waals surface area contributed by atoms with Gasteiger partial charge in [0.25, 0.3) is 0 Å². The average molecular weight is 292 g/mol. The molecule has 2 aromatic rings. The Morgan fingerprint density at radius 2 is 1.95 bits per heavy atom. The van der Waals surface area contributed by atoms with E-state index in [9.17, 15) is 4.39 Å². The molecule has 0 bridgehead atoms. The Kier molecular flexibility index (Phi) is 5.16. The highest BCUT2D eigenvalue weighted by atomic mass is 35.5. The van der Waals surface area contributed by atoms with Crippen LogP contribution in [0.5, 0.6) is 0 Å². The van der Waals surface area contributed by atoms with E-state index in [4.69, 9.17) is 11.6 Å². The first kappa shape index (κ1) is 15.0. The van der Waals surface area contributed by atoms with Crippen molar-refractivity contribution in [1.29, 1.82) is 0 Å². The highest BCUT2D eigenvalue weighted by molar-refractivity contribution is 6.33. The molecule has 1 nitrogen and oxygen atoms in total. The minimum atomic E-state index is -0.202. The molecule has 0 aliphatic rings. The molecule has 1 N–H and O–H groups in total. The Labute approximate surface area is 124 Å². The average Bonchev–Trinajstić information content (AvgIpc) is 2.43. The number of halogens is 2. The van der Waals surface area contributed by atoms with Gasteiger partial charge in [-0.15, -0.1) is 0 Å². The fraction of sp³-hybridized carbons (Fsp3) is 0.294. The first-order valence-corrected chi connectivity index (χ1v) is 7.26. The Balaban J connectivity index is 2.27. The monoisotopic (exact) mass is 291 g/mol. The van der Waals surface area contributed by atoms with Crippen LogP contribution in [0.3, 0.4) is 0 Å². The molecule has 0 aliphatic carbocycles. The Morgan fingerprint density at radius 1 is 1.15 bits per heavy atom. The standard InChI is InChI=1S/C17H19ClFN/c1-3-9-20-11-13-7-8-15(16(18)10-13)14-5-4-6-17(19)12(14)2/h4-8,10,20H,3,9,11H2,1-2H3. The second-order valence-corrected chi connectivity index (χ2v) is 5.31. The first-order valence-electron chi connectivity index (χ1n) is 6.88. The van der Waals surface area contributed by atoms with Crippen LogP contribution in [0.4, 0.5) is 4.39 Å². The molecule has 0 saturated heterocycles. The van der Waals surface area contributed by atoms with E-state index in [0.29, 0.717) is 10.6 Å². The predicted molar refractivity (Wildman–Crippen MR) is 83.6 cm³/mol. The van der Waals surface area contributed by atoms with E-state index in [2.05, 4.69) is 12.2 Å². The third-order valence-electron chi connectivity index (χ3n) is 3.35. The fourth-order valence-corrected chi connectivity index (χ4v) is 2.50. The Bertz CT molecular complexity index is 596. The lowest BCUT2D eigenvalue weighted by atomic mass is 9.99. The molecule has 2 aromatic carbocycles. The molecule has 3 heteroatoms. The zero-order chi connectivity index (χ0) is 14.5. The van der Waals surface area contributed by atoms with Crippen molar-refractivity contribution in [3.05, 3.63) is 58.4 Å². The van der Waals surface area contributed by atoms with Crippen LogP contribution in [-0.2, 0) is 6.54 Å². The van der Waals surface area contributed by atoms with Crippen LogP contribution in [0, 0.1) is 12.7 Å². The highest BCUT2D eigenvalue weighted by Crippen LogP contribution is 2.31. The van der Waals surface area contributed by atoms with Gasteiger partial charge in [-0.05, 0) is 48.7 Å². The lowest BCUT2D eigenvalue weighted by molar-refractivity contribution is 0.619. The maximum Gasteiger partial charge on any atom is 0.126 e. The van der Waals surface area contributed by atoms with Gasteiger partial charge in [-0.3, -0.25) is 0 Å². The van der Waals surface area contributed by atoms with Gasteiger partial charge in [-0.2, -0.15) is 0 Å². The van der Waals surface area contributed by atoms with Gasteiger partial charge in [0, 0.05) is 17.1 Å². The van der Waals surface area contributed by atoms with E-state index in [-0.39, 0.29) is 5.82 Å². The third-order valence-corrected chi connectivity index (χ3v) is 3.66. The van der Waals surface area contributed by atoms with E-state index >= 15 is 0 Å². The summed E-state index contributed by atoms with van der Waals surface area (Å²) in [4.78, 5) is 0.